The van der Waals surface area contributed by atoms with Crippen molar-refractivity contribution in [3.05, 3.63) is 24.4 Å². The van der Waals surface area contributed by atoms with E-state index in [9.17, 15) is 0 Å². The average Bonchev–Trinajstić information content (AvgIpc) is 2.74. The normalized spacial score (nSPS) is 11.1. The van der Waals surface area contributed by atoms with Crippen LogP contribution in [0.25, 0.3) is 10.9 Å². The summed E-state index contributed by atoms with van der Waals surface area (Å²) in [4.78, 5) is 0. The summed E-state index contributed by atoms with van der Waals surface area (Å²) in [5.41, 5.74) is 2.26. The molecule has 0 fully saturated rings. The van der Waals surface area contributed by atoms with Gasteiger partial charge in [0.1, 0.15) is 0 Å². The fraction of sp³-hybridized carbons (Fsp3) is 0.417. The first-order valence-electron chi connectivity index (χ1n) is 5.53. The largest absolute Gasteiger partial charge is 0.382 e. The van der Waals surface area contributed by atoms with E-state index in [1.165, 1.54) is 11.1 Å². The molecule has 1 heterocycles. The van der Waals surface area contributed by atoms with Gasteiger partial charge in [0.05, 0.1) is 11.7 Å². The summed E-state index contributed by atoms with van der Waals surface area (Å²) in [6.45, 7) is 4.41. The second-order valence-corrected chi connectivity index (χ2v) is 3.79. The van der Waals surface area contributed by atoms with Crippen molar-refractivity contribution in [3.8, 4) is 0 Å². The molecule has 0 atom stereocenters. The number of aromatic amines is 1. The predicted octanol–water partition coefficient (Wildman–Crippen LogP) is 3.16. The first-order valence-corrected chi connectivity index (χ1v) is 5.53. The van der Waals surface area contributed by atoms with Crippen molar-refractivity contribution in [3.63, 3.8) is 0 Å². The molecule has 0 aliphatic rings. The van der Waals surface area contributed by atoms with Gasteiger partial charge in [0.2, 0.25) is 0 Å². The molecule has 0 bridgehead atoms. The molecule has 0 unspecified atom stereocenters. The van der Waals surface area contributed by atoms with Crippen molar-refractivity contribution in [1.29, 1.82) is 0 Å². The van der Waals surface area contributed by atoms with Crippen molar-refractivity contribution in [1.82, 2.24) is 10.2 Å². The highest BCUT2D eigenvalue weighted by Gasteiger charge is 2.06. The molecule has 0 saturated carbocycles. The van der Waals surface area contributed by atoms with Crippen molar-refractivity contribution in [2.24, 2.45) is 0 Å². The predicted molar refractivity (Wildman–Crippen MR) is 64.1 cm³/mol. The third-order valence-corrected chi connectivity index (χ3v) is 2.83. The monoisotopic (exact) mass is 203 g/mol. The van der Waals surface area contributed by atoms with Crippen LogP contribution in [-0.4, -0.2) is 16.2 Å². The van der Waals surface area contributed by atoms with E-state index in [-0.39, 0.29) is 0 Å². The van der Waals surface area contributed by atoms with E-state index in [0.29, 0.717) is 6.04 Å². The lowest BCUT2D eigenvalue weighted by atomic mass is 10.1. The van der Waals surface area contributed by atoms with Crippen molar-refractivity contribution >= 4 is 16.6 Å². The molecule has 2 N–H and O–H groups in total. The molecule has 0 saturated heterocycles. The number of benzene rings is 1. The van der Waals surface area contributed by atoms with E-state index in [4.69, 9.17) is 0 Å². The maximum atomic E-state index is 4.06. The van der Waals surface area contributed by atoms with Crippen LogP contribution in [0.5, 0.6) is 0 Å². The molecule has 3 heteroatoms. The lowest BCUT2D eigenvalue weighted by molar-refractivity contribution is 0.672. The summed E-state index contributed by atoms with van der Waals surface area (Å²) < 4.78 is 0. The van der Waals surface area contributed by atoms with Gasteiger partial charge in [-0.2, -0.15) is 5.10 Å². The SMILES string of the molecule is CCC(CC)Nc1cccc2[nH]ncc12. The Morgan fingerprint density at radius 2 is 2.13 bits per heavy atom. The van der Waals surface area contributed by atoms with E-state index in [1.54, 1.807) is 0 Å². The second kappa shape index (κ2) is 4.34. The third-order valence-electron chi connectivity index (χ3n) is 2.83. The van der Waals surface area contributed by atoms with Gasteiger partial charge < -0.3 is 5.32 Å². The zero-order valence-corrected chi connectivity index (χ0v) is 9.25. The number of hydrogen-bond acceptors (Lipinski definition) is 2. The van der Waals surface area contributed by atoms with Crippen LogP contribution in [-0.2, 0) is 0 Å². The Morgan fingerprint density at radius 1 is 1.33 bits per heavy atom. The Balaban J connectivity index is 2.30. The van der Waals surface area contributed by atoms with E-state index in [2.05, 4.69) is 35.4 Å². The van der Waals surface area contributed by atoms with E-state index in [1.807, 2.05) is 18.3 Å². The van der Waals surface area contributed by atoms with Gasteiger partial charge in [-0.15, -0.1) is 0 Å². The van der Waals surface area contributed by atoms with Gasteiger partial charge in [0.25, 0.3) is 0 Å². The molecule has 0 aliphatic heterocycles. The molecule has 15 heavy (non-hydrogen) atoms. The number of aromatic nitrogens is 2. The number of nitrogens with one attached hydrogen (secondary N) is 2. The number of rotatable bonds is 4. The topological polar surface area (TPSA) is 40.7 Å². The number of fused-ring (bicyclic) bond motifs is 1. The molecule has 0 amide bonds. The Bertz CT molecular complexity index is 429. The van der Waals surface area contributed by atoms with Crippen LogP contribution in [0.4, 0.5) is 5.69 Å². The van der Waals surface area contributed by atoms with Gasteiger partial charge in [0, 0.05) is 17.1 Å². The molecular weight excluding hydrogens is 186 g/mol. The maximum Gasteiger partial charge on any atom is 0.0671 e. The molecule has 0 radical (unpaired) electrons. The maximum absolute atomic E-state index is 4.06. The Hall–Kier alpha value is -1.51. The van der Waals surface area contributed by atoms with Crippen LogP contribution in [0, 0.1) is 0 Å². The first-order chi connectivity index (χ1) is 7.35. The molecule has 0 spiro atoms. The van der Waals surface area contributed by atoms with Crippen LogP contribution < -0.4 is 5.32 Å². The van der Waals surface area contributed by atoms with Crippen molar-refractivity contribution < 1.29 is 0 Å². The second-order valence-electron chi connectivity index (χ2n) is 3.79. The molecule has 0 aliphatic carbocycles. The number of nitrogens with zero attached hydrogens (tertiary/aromatic N) is 1. The number of H-pyrrole nitrogens is 1. The van der Waals surface area contributed by atoms with Gasteiger partial charge in [-0.1, -0.05) is 19.9 Å². The highest BCUT2D eigenvalue weighted by molar-refractivity contribution is 5.90. The fourth-order valence-electron chi connectivity index (χ4n) is 1.81. The zero-order chi connectivity index (χ0) is 10.7. The molecule has 2 rings (SSSR count). The highest BCUT2D eigenvalue weighted by Crippen LogP contribution is 2.22. The van der Waals surface area contributed by atoms with Gasteiger partial charge in [-0.3, -0.25) is 5.10 Å². The standard InChI is InChI=1S/C12H17N3/c1-3-9(4-2)14-11-6-5-7-12-10(11)8-13-15-12/h5-9,14H,3-4H2,1-2H3,(H,13,15). The summed E-state index contributed by atoms with van der Waals surface area (Å²) in [5, 5.41) is 11.8. The van der Waals surface area contributed by atoms with Crippen LogP contribution in [0.15, 0.2) is 24.4 Å². The minimum atomic E-state index is 0.547. The van der Waals surface area contributed by atoms with Gasteiger partial charge >= 0.3 is 0 Å². The van der Waals surface area contributed by atoms with Gasteiger partial charge in [-0.05, 0) is 25.0 Å². The highest BCUT2D eigenvalue weighted by atomic mass is 15.1. The summed E-state index contributed by atoms with van der Waals surface area (Å²) >= 11 is 0. The fourth-order valence-corrected chi connectivity index (χ4v) is 1.81. The Labute approximate surface area is 89.9 Å². The lowest BCUT2D eigenvalue weighted by Gasteiger charge is -2.16. The number of hydrogen-bond donors (Lipinski definition) is 2. The molecule has 2 aromatic rings. The zero-order valence-electron chi connectivity index (χ0n) is 9.25. The van der Waals surface area contributed by atoms with Crippen LogP contribution >= 0.6 is 0 Å². The Morgan fingerprint density at radius 3 is 2.87 bits per heavy atom. The van der Waals surface area contributed by atoms with Crippen LogP contribution in [0.2, 0.25) is 0 Å². The van der Waals surface area contributed by atoms with E-state index < -0.39 is 0 Å². The molecule has 80 valence electrons. The minimum absolute atomic E-state index is 0.547. The molecule has 1 aromatic heterocycles. The lowest BCUT2D eigenvalue weighted by Crippen LogP contribution is -2.16. The average molecular weight is 203 g/mol. The van der Waals surface area contributed by atoms with Crippen molar-refractivity contribution in [2.45, 2.75) is 32.7 Å². The Kier molecular flexibility index (Phi) is 2.90. The molecule has 3 nitrogen and oxygen atoms in total. The summed E-state index contributed by atoms with van der Waals surface area (Å²) in [7, 11) is 0. The molecular formula is C12H17N3. The minimum Gasteiger partial charge on any atom is -0.382 e. The first kappa shape index (κ1) is 10.0. The smallest absolute Gasteiger partial charge is 0.0671 e. The van der Waals surface area contributed by atoms with Crippen molar-refractivity contribution in [2.75, 3.05) is 5.32 Å². The summed E-state index contributed by atoms with van der Waals surface area (Å²) in [5.74, 6) is 0. The van der Waals surface area contributed by atoms with Crippen LogP contribution in [0.3, 0.4) is 0 Å². The van der Waals surface area contributed by atoms with Gasteiger partial charge in [0.15, 0.2) is 0 Å². The van der Waals surface area contributed by atoms with E-state index >= 15 is 0 Å². The molecule has 1 aromatic carbocycles. The summed E-state index contributed by atoms with van der Waals surface area (Å²) in [6, 6.07) is 6.74. The summed E-state index contributed by atoms with van der Waals surface area (Å²) in [6.07, 6.45) is 4.16. The van der Waals surface area contributed by atoms with Crippen LogP contribution in [0.1, 0.15) is 26.7 Å². The van der Waals surface area contributed by atoms with Gasteiger partial charge in [-0.25, -0.2) is 0 Å². The quantitative estimate of drug-likeness (QED) is 0.801. The third kappa shape index (κ3) is 1.96. The van der Waals surface area contributed by atoms with E-state index in [0.717, 1.165) is 18.4 Å². The number of anilines is 1.